The van der Waals surface area contributed by atoms with E-state index in [1.54, 1.807) is 43.5 Å². The average molecular weight is 347 g/mol. The average Bonchev–Trinajstić information content (AvgIpc) is 2.57. The summed E-state index contributed by atoms with van der Waals surface area (Å²) in [5.74, 6) is 1.16. The lowest BCUT2D eigenvalue weighted by Gasteiger charge is -2.12. The van der Waals surface area contributed by atoms with Crippen molar-refractivity contribution < 1.29 is 14.4 Å². The molecule has 0 aliphatic rings. The lowest BCUT2D eigenvalue weighted by molar-refractivity contribution is -0.384. The van der Waals surface area contributed by atoms with Gasteiger partial charge >= 0.3 is 0 Å². The second-order valence-electron chi connectivity index (χ2n) is 4.68. The predicted molar refractivity (Wildman–Crippen MR) is 97.1 cm³/mol. The normalized spacial score (nSPS) is 9.92. The van der Waals surface area contributed by atoms with Crippen LogP contribution < -0.4 is 20.1 Å². The summed E-state index contributed by atoms with van der Waals surface area (Å²) in [7, 11) is 1.58. The molecule has 126 valence electrons. The molecule has 0 heterocycles. The van der Waals surface area contributed by atoms with Crippen LogP contribution in [0, 0.1) is 10.1 Å². The summed E-state index contributed by atoms with van der Waals surface area (Å²) in [4.78, 5) is 10.7. The summed E-state index contributed by atoms with van der Waals surface area (Å²) in [5, 5.41) is 17.3. The minimum Gasteiger partial charge on any atom is -0.497 e. The van der Waals surface area contributed by atoms with E-state index >= 15 is 0 Å². The molecule has 0 spiro atoms. The van der Waals surface area contributed by atoms with E-state index in [0.29, 0.717) is 12.4 Å². The molecule has 24 heavy (non-hydrogen) atoms. The number of rotatable bonds is 6. The van der Waals surface area contributed by atoms with E-state index in [9.17, 15) is 10.1 Å². The van der Waals surface area contributed by atoms with E-state index in [-0.39, 0.29) is 16.5 Å². The highest BCUT2D eigenvalue weighted by molar-refractivity contribution is 7.80. The third kappa shape index (κ3) is 4.56. The second kappa shape index (κ2) is 8.11. The van der Waals surface area contributed by atoms with Crippen molar-refractivity contribution in [2.24, 2.45) is 0 Å². The maximum Gasteiger partial charge on any atom is 0.296 e. The number of benzene rings is 2. The number of nitrogens with one attached hydrogen (secondary N) is 2. The molecule has 0 radical (unpaired) electrons. The highest BCUT2D eigenvalue weighted by atomic mass is 32.1. The van der Waals surface area contributed by atoms with Crippen molar-refractivity contribution in [1.82, 2.24) is 0 Å². The number of nitro groups is 1. The maximum absolute atomic E-state index is 11.2. The quantitative estimate of drug-likeness (QED) is 0.467. The van der Waals surface area contributed by atoms with Gasteiger partial charge in [-0.1, -0.05) is 0 Å². The van der Waals surface area contributed by atoms with Gasteiger partial charge in [0.05, 0.1) is 24.7 Å². The predicted octanol–water partition coefficient (Wildman–Crippen LogP) is 3.81. The number of methoxy groups -OCH3 is 1. The number of thiocarbonyl (C=S) groups is 1. The van der Waals surface area contributed by atoms with Gasteiger partial charge in [0.25, 0.3) is 5.69 Å². The fourth-order valence-corrected chi connectivity index (χ4v) is 2.21. The van der Waals surface area contributed by atoms with Crippen molar-refractivity contribution in [3.05, 3.63) is 52.6 Å². The third-order valence-corrected chi connectivity index (χ3v) is 3.28. The second-order valence-corrected chi connectivity index (χ2v) is 5.08. The first-order valence-electron chi connectivity index (χ1n) is 7.16. The lowest BCUT2D eigenvalue weighted by Crippen LogP contribution is -2.19. The lowest BCUT2D eigenvalue weighted by atomic mass is 10.2. The molecule has 8 heteroatoms. The molecule has 7 nitrogen and oxygen atoms in total. The fourth-order valence-electron chi connectivity index (χ4n) is 1.98. The molecule has 0 atom stereocenters. The highest BCUT2D eigenvalue weighted by Gasteiger charge is 2.16. The van der Waals surface area contributed by atoms with Gasteiger partial charge in [-0.3, -0.25) is 10.1 Å². The van der Waals surface area contributed by atoms with Crippen LogP contribution in [0.5, 0.6) is 11.5 Å². The van der Waals surface area contributed by atoms with Gasteiger partial charge < -0.3 is 20.1 Å². The summed E-state index contributed by atoms with van der Waals surface area (Å²) in [5.41, 5.74) is 0.913. The van der Waals surface area contributed by atoms with E-state index in [1.807, 2.05) is 6.92 Å². The first-order chi connectivity index (χ1) is 11.5. The monoisotopic (exact) mass is 347 g/mol. The Labute approximate surface area is 144 Å². The van der Waals surface area contributed by atoms with Crippen molar-refractivity contribution in [2.75, 3.05) is 24.4 Å². The van der Waals surface area contributed by atoms with Gasteiger partial charge in [-0.15, -0.1) is 0 Å². The minimum absolute atomic E-state index is 0.111. The first-order valence-corrected chi connectivity index (χ1v) is 7.57. The van der Waals surface area contributed by atoms with Gasteiger partial charge in [-0.25, -0.2) is 0 Å². The van der Waals surface area contributed by atoms with Crippen molar-refractivity contribution in [2.45, 2.75) is 6.92 Å². The van der Waals surface area contributed by atoms with E-state index in [4.69, 9.17) is 21.7 Å². The molecular formula is C16H17N3O4S. The zero-order valence-corrected chi connectivity index (χ0v) is 14.1. The van der Waals surface area contributed by atoms with Crippen LogP contribution in [0.2, 0.25) is 0 Å². The Morgan fingerprint density at radius 3 is 2.42 bits per heavy atom. The Morgan fingerprint density at radius 2 is 1.83 bits per heavy atom. The molecule has 0 aliphatic heterocycles. The van der Waals surface area contributed by atoms with Gasteiger partial charge in [-0.05, 0) is 55.5 Å². The van der Waals surface area contributed by atoms with Crippen LogP contribution in [0.15, 0.2) is 42.5 Å². The van der Waals surface area contributed by atoms with Gasteiger partial charge in [0.15, 0.2) is 5.11 Å². The van der Waals surface area contributed by atoms with Crippen LogP contribution >= 0.6 is 12.2 Å². The van der Waals surface area contributed by atoms with Crippen molar-refractivity contribution >= 4 is 34.4 Å². The standard InChI is InChI=1S/C16H17N3O4S/c1-3-23-13-8-9-14(15(10-13)19(20)21)18-16(24)17-11-4-6-12(22-2)7-5-11/h4-10H,3H2,1-2H3,(H2,17,18,24). The number of hydrogen-bond donors (Lipinski definition) is 2. The summed E-state index contributed by atoms with van der Waals surface area (Å²) >= 11 is 5.20. The van der Waals surface area contributed by atoms with Gasteiger partial charge in [0.2, 0.25) is 0 Å². The molecule has 2 aromatic rings. The van der Waals surface area contributed by atoms with Crippen LogP contribution in [-0.2, 0) is 0 Å². The van der Waals surface area contributed by atoms with Crippen molar-refractivity contribution in [3.8, 4) is 11.5 Å². The molecule has 0 saturated heterocycles. The molecule has 0 saturated carbocycles. The van der Waals surface area contributed by atoms with Crippen LogP contribution in [0.3, 0.4) is 0 Å². The molecule has 0 bridgehead atoms. The van der Waals surface area contributed by atoms with Gasteiger partial charge in [0, 0.05) is 5.69 Å². The Balaban J connectivity index is 2.11. The van der Waals surface area contributed by atoms with Crippen LogP contribution in [0.25, 0.3) is 0 Å². The molecule has 0 amide bonds. The molecule has 2 aromatic carbocycles. The zero-order valence-electron chi connectivity index (χ0n) is 13.2. The maximum atomic E-state index is 11.2. The van der Waals surface area contributed by atoms with Gasteiger partial charge in [-0.2, -0.15) is 0 Å². The number of nitrogens with zero attached hydrogens (tertiary/aromatic N) is 1. The molecule has 0 aromatic heterocycles. The number of ether oxygens (including phenoxy) is 2. The van der Waals surface area contributed by atoms with E-state index in [0.717, 1.165) is 11.4 Å². The van der Waals surface area contributed by atoms with Crippen molar-refractivity contribution in [3.63, 3.8) is 0 Å². The topological polar surface area (TPSA) is 85.7 Å². The van der Waals surface area contributed by atoms with E-state index in [2.05, 4.69) is 10.6 Å². The molecule has 2 N–H and O–H groups in total. The van der Waals surface area contributed by atoms with Crippen LogP contribution in [0.4, 0.5) is 17.1 Å². The van der Waals surface area contributed by atoms with E-state index in [1.165, 1.54) is 6.07 Å². The van der Waals surface area contributed by atoms with Crippen LogP contribution in [0.1, 0.15) is 6.92 Å². The summed E-state index contributed by atoms with van der Waals surface area (Å²) in [6.07, 6.45) is 0. The zero-order chi connectivity index (χ0) is 17.5. The highest BCUT2D eigenvalue weighted by Crippen LogP contribution is 2.29. The summed E-state index contributed by atoms with van der Waals surface area (Å²) < 4.78 is 10.4. The summed E-state index contributed by atoms with van der Waals surface area (Å²) in [6.45, 7) is 2.24. The number of hydrogen-bond acceptors (Lipinski definition) is 5. The molecule has 0 aliphatic carbocycles. The number of anilines is 2. The molecule has 2 rings (SSSR count). The molecule has 0 unspecified atom stereocenters. The first kappa shape index (κ1) is 17.5. The Morgan fingerprint density at radius 1 is 1.17 bits per heavy atom. The Kier molecular flexibility index (Phi) is 5.91. The summed E-state index contributed by atoms with van der Waals surface area (Å²) in [6, 6.07) is 11.7. The Bertz CT molecular complexity index is 735. The van der Waals surface area contributed by atoms with Gasteiger partial charge in [0.1, 0.15) is 17.2 Å². The third-order valence-electron chi connectivity index (χ3n) is 3.07. The Hall–Kier alpha value is -2.87. The van der Waals surface area contributed by atoms with Crippen LogP contribution in [-0.4, -0.2) is 23.8 Å². The smallest absolute Gasteiger partial charge is 0.296 e. The minimum atomic E-state index is -0.485. The number of nitro benzene ring substituents is 1. The fraction of sp³-hybridized carbons (Fsp3) is 0.188. The SMILES string of the molecule is CCOc1ccc(NC(=S)Nc2ccc(OC)cc2)c([N+](=O)[O-])c1. The molecule has 0 fully saturated rings. The molecular weight excluding hydrogens is 330 g/mol. The van der Waals surface area contributed by atoms with E-state index < -0.39 is 4.92 Å². The largest absolute Gasteiger partial charge is 0.497 e. The van der Waals surface area contributed by atoms with Crippen molar-refractivity contribution in [1.29, 1.82) is 0 Å².